The van der Waals surface area contributed by atoms with Crippen LogP contribution in [0.15, 0.2) is 78.9 Å². The van der Waals surface area contributed by atoms with Gasteiger partial charge >= 0.3 is 6.09 Å². The summed E-state index contributed by atoms with van der Waals surface area (Å²) >= 11 is 0. The van der Waals surface area contributed by atoms with E-state index in [1.807, 2.05) is 60.7 Å². The highest BCUT2D eigenvalue weighted by Gasteiger charge is 2.09. The average Bonchev–Trinajstić information content (AvgIpc) is 2.67. The fourth-order valence-corrected chi connectivity index (χ4v) is 2.31. The van der Waals surface area contributed by atoms with Crippen LogP contribution in [0, 0.1) is 5.82 Å². The van der Waals surface area contributed by atoms with E-state index in [4.69, 9.17) is 9.47 Å². The molecule has 0 fully saturated rings. The molecule has 0 aliphatic carbocycles. The second-order valence-corrected chi connectivity index (χ2v) is 5.61. The third-order valence-corrected chi connectivity index (χ3v) is 3.63. The van der Waals surface area contributed by atoms with E-state index >= 15 is 0 Å². The number of ether oxygens (including phenoxy) is 2. The Labute approximate surface area is 151 Å². The van der Waals surface area contributed by atoms with E-state index in [9.17, 15) is 9.18 Å². The van der Waals surface area contributed by atoms with Gasteiger partial charge in [0, 0.05) is 11.8 Å². The first-order valence-electron chi connectivity index (χ1n) is 8.15. The van der Waals surface area contributed by atoms with E-state index in [1.54, 1.807) is 6.07 Å². The number of benzene rings is 3. The summed E-state index contributed by atoms with van der Waals surface area (Å²) in [5, 5.41) is 2.50. The lowest BCUT2D eigenvalue weighted by molar-refractivity contribution is 0.155. The van der Waals surface area contributed by atoms with Crippen molar-refractivity contribution < 1.29 is 18.7 Å². The van der Waals surface area contributed by atoms with Crippen LogP contribution in [-0.4, -0.2) is 6.09 Å². The number of hydrogen-bond donors (Lipinski definition) is 1. The average molecular weight is 351 g/mol. The standard InChI is InChI=1S/C21H18FNO3/c22-19-13-18(23-21(24)26-15-17-9-5-2-6-10-17)11-12-20(19)25-14-16-7-3-1-4-8-16/h1-13H,14-15H2,(H,23,24). The molecule has 0 saturated carbocycles. The summed E-state index contributed by atoms with van der Waals surface area (Å²) in [4.78, 5) is 11.8. The van der Waals surface area contributed by atoms with Gasteiger partial charge < -0.3 is 9.47 Å². The molecule has 0 aliphatic heterocycles. The molecule has 5 heteroatoms. The fraction of sp³-hybridized carbons (Fsp3) is 0.0952. The molecule has 1 amide bonds. The zero-order valence-corrected chi connectivity index (χ0v) is 14.0. The van der Waals surface area contributed by atoms with Crippen LogP contribution in [0.4, 0.5) is 14.9 Å². The first kappa shape index (κ1) is 17.5. The molecule has 0 spiro atoms. The minimum Gasteiger partial charge on any atom is -0.486 e. The maximum Gasteiger partial charge on any atom is 0.411 e. The second-order valence-electron chi connectivity index (χ2n) is 5.61. The van der Waals surface area contributed by atoms with Crippen LogP contribution in [0.3, 0.4) is 0 Å². The molecule has 0 unspecified atom stereocenters. The smallest absolute Gasteiger partial charge is 0.411 e. The zero-order chi connectivity index (χ0) is 18.2. The van der Waals surface area contributed by atoms with Gasteiger partial charge in [-0.1, -0.05) is 60.7 Å². The van der Waals surface area contributed by atoms with Crippen molar-refractivity contribution in [2.24, 2.45) is 0 Å². The summed E-state index contributed by atoms with van der Waals surface area (Å²) < 4.78 is 24.7. The lowest BCUT2D eigenvalue weighted by Gasteiger charge is -2.10. The van der Waals surface area contributed by atoms with Crippen molar-refractivity contribution in [1.82, 2.24) is 0 Å². The monoisotopic (exact) mass is 351 g/mol. The number of carbonyl (C=O) groups is 1. The Balaban J connectivity index is 1.52. The van der Waals surface area contributed by atoms with E-state index < -0.39 is 11.9 Å². The number of carbonyl (C=O) groups excluding carboxylic acids is 1. The summed E-state index contributed by atoms with van der Waals surface area (Å²) in [6.07, 6.45) is -0.647. The lowest BCUT2D eigenvalue weighted by Crippen LogP contribution is -2.13. The van der Waals surface area contributed by atoms with Gasteiger partial charge in [-0.2, -0.15) is 0 Å². The Morgan fingerprint density at radius 2 is 1.46 bits per heavy atom. The molecule has 0 aromatic heterocycles. The van der Waals surface area contributed by atoms with Crippen LogP contribution >= 0.6 is 0 Å². The SMILES string of the molecule is O=C(Nc1ccc(OCc2ccccc2)c(F)c1)OCc1ccccc1. The van der Waals surface area contributed by atoms with Gasteiger partial charge in [0.25, 0.3) is 0 Å². The highest BCUT2D eigenvalue weighted by molar-refractivity contribution is 5.84. The van der Waals surface area contributed by atoms with Crippen molar-refractivity contribution in [2.45, 2.75) is 13.2 Å². The summed E-state index contributed by atoms with van der Waals surface area (Å²) in [6, 6.07) is 23.0. The Kier molecular flexibility index (Phi) is 5.83. The van der Waals surface area contributed by atoms with Crippen LogP contribution in [0.2, 0.25) is 0 Å². The largest absolute Gasteiger partial charge is 0.486 e. The Bertz CT molecular complexity index is 854. The predicted molar refractivity (Wildman–Crippen MR) is 97.4 cm³/mol. The third kappa shape index (κ3) is 5.08. The van der Waals surface area contributed by atoms with Crippen LogP contribution in [-0.2, 0) is 18.0 Å². The number of hydrogen-bond acceptors (Lipinski definition) is 3. The highest BCUT2D eigenvalue weighted by atomic mass is 19.1. The quantitative estimate of drug-likeness (QED) is 0.668. The summed E-state index contributed by atoms with van der Waals surface area (Å²) in [7, 11) is 0. The van der Waals surface area contributed by atoms with Gasteiger partial charge in [-0.25, -0.2) is 9.18 Å². The van der Waals surface area contributed by atoms with Gasteiger partial charge in [-0.3, -0.25) is 5.32 Å². The zero-order valence-electron chi connectivity index (χ0n) is 14.0. The number of nitrogens with one attached hydrogen (secondary N) is 1. The second kappa shape index (κ2) is 8.67. The molecule has 0 heterocycles. The number of halogens is 1. The molecule has 1 N–H and O–H groups in total. The van der Waals surface area contributed by atoms with Crippen LogP contribution in [0.25, 0.3) is 0 Å². The van der Waals surface area contributed by atoms with Crippen molar-refractivity contribution in [3.8, 4) is 5.75 Å². The van der Waals surface area contributed by atoms with Gasteiger partial charge in [-0.05, 0) is 23.3 Å². The molecule has 0 bridgehead atoms. The number of anilines is 1. The molecule has 0 atom stereocenters. The van der Waals surface area contributed by atoms with Crippen LogP contribution in [0.1, 0.15) is 11.1 Å². The molecular formula is C21H18FNO3. The molecule has 0 aliphatic rings. The molecule has 4 nitrogen and oxygen atoms in total. The summed E-state index contributed by atoms with van der Waals surface area (Å²) in [5.74, 6) is -0.432. The maximum atomic E-state index is 14.1. The Hall–Kier alpha value is -3.34. The van der Waals surface area contributed by atoms with Gasteiger partial charge in [0.1, 0.15) is 13.2 Å². The van der Waals surface area contributed by atoms with E-state index in [2.05, 4.69) is 5.32 Å². The first-order chi connectivity index (χ1) is 12.7. The molecule has 3 aromatic rings. The predicted octanol–water partition coefficient (Wildman–Crippen LogP) is 5.15. The van der Waals surface area contributed by atoms with Gasteiger partial charge in [0.15, 0.2) is 11.6 Å². The lowest BCUT2D eigenvalue weighted by atomic mass is 10.2. The van der Waals surface area contributed by atoms with Crippen molar-refractivity contribution in [2.75, 3.05) is 5.32 Å². The number of rotatable bonds is 6. The molecule has 0 radical (unpaired) electrons. The molecule has 0 saturated heterocycles. The number of amides is 1. The van der Waals surface area contributed by atoms with Gasteiger partial charge in [0.05, 0.1) is 0 Å². The van der Waals surface area contributed by atoms with Crippen LogP contribution < -0.4 is 10.1 Å². The summed E-state index contributed by atoms with van der Waals surface area (Å²) in [6.45, 7) is 0.414. The fourth-order valence-electron chi connectivity index (χ4n) is 2.31. The van der Waals surface area contributed by atoms with Crippen LogP contribution in [0.5, 0.6) is 5.75 Å². The summed E-state index contributed by atoms with van der Waals surface area (Å²) in [5.41, 5.74) is 2.12. The van der Waals surface area contributed by atoms with E-state index in [1.165, 1.54) is 12.1 Å². The minimum absolute atomic E-state index is 0.122. The minimum atomic E-state index is -0.647. The third-order valence-electron chi connectivity index (χ3n) is 3.63. The molecule has 26 heavy (non-hydrogen) atoms. The van der Waals surface area contributed by atoms with Crippen molar-refractivity contribution >= 4 is 11.8 Å². The topological polar surface area (TPSA) is 47.6 Å². The molecule has 132 valence electrons. The maximum absolute atomic E-state index is 14.1. The van der Waals surface area contributed by atoms with Crippen molar-refractivity contribution in [3.05, 3.63) is 95.8 Å². The normalized spacial score (nSPS) is 10.2. The molecule has 3 rings (SSSR count). The van der Waals surface area contributed by atoms with E-state index in [0.29, 0.717) is 5.69 Å². The van der Waals surface area contributed by atoms with Gasteiger partial charge in [0.2, 0.25) is 0 Å². The highest BCUT2D eigenvalue weighted by Crippen LogP contribution is 2.22. The Morgan fingerprint density at radius 1 is 0.846 bits per heavy atom. The van der Waals surface area contributed by atoms with E-state index in [-0.39, 0.29) is 19.0 Å². The van der Waals surface area contributed by atoms with Crippen molar-refractivity contribution in [3.63, 3.8) is 0 Å². The van der Waals surface area contributed by atoms with Crippen molar-refractivity contribution in [1.29, 1.82) is 0 Å². The van der Waals surface area contributed by atoms with Gasteiger partial charge in [-0.15, -0.1) is 0 Å². The van der Waals surface area contributed by atoms with E-state index in [0.717, 1.165) is 11.1 Å². The Morgan fingerprint density at radius 3 is 2.08 bits per heavy atom. The molecular weight excluding hydrogens is 333 g/mol. The first-order valence-corrected chi connectivity index (χ1v) is 8.15. The molecule has 3 aromatic carbocycles.